The van der Waals surface area contributed by atoms with Crippen LogP contribution in [0.4, 0.5) is 18.9 Å². The van der Waals surface area contributed by atoms with Crippen LogP contribution in [0.1, 0.15) is 5.56 Å². The molecule has 0 unspecified atom stereocenters. The highest BCUT2D eigenvalue weighted by Crippen LogP contribution is 2.29. The summed E-state index contributed by atoms with van der Waals surface area (Å²) in [6.07, 6.45) is -4.40. The number of hydrogen-bond donors (Lipinski definition) is 3. The molecule has 1 aromatic rings. The average molecular weight is 261 g/mol. The van der Waals surface area contributed by atoms with Gasteiger partial charge in [-0.15, -0.1) is 0 Å². The van der Waals surface area contributed by atoms with Crippen molar-refractivity contribution in [2.24, 2.45) is 10.7 Å². The summed E-state index contributed by atoms with van der Waals surface area (Å²) in [5.41, 5.74) is 4.83. The standard InChI is InChI=1S/C10H10F3N3O2/c11-10(12,13)6-1-3-7(4-2-6)16-9(14)15-5-8(17)18/h1-4H,5H2,(H,17,18)(H3,14,15,16). The Kier molecular flexibility index (Phi) is 4.13. The molecule has 8 heteroatoms. The Hall–Kier alpha value is -2.25. The summed E-state index contributed by atoms with van der Waals surface area (Å²) < 4.78 is 36.8. The summed E-state index contributed by atoms with van der Waals surface area (Å²) >= 11 is 0. The monoisotopic (exact) mass is 261 g/mol. The highest BCUT2D eigenvalue weighted by molar-refractivity contribution is 5.93. The number of aliphatic carboxylic acids is 1. The summed E-state index contributed by atoms with van der Waals surface area (Å²) in [6.45, 7) is -0.514. The molecule has 18 heavy (non-hydrogen) atoms. The number of rotatable bonds is 3. The van der Waals surface area contributed by atoms with Crippen molar-refractivity contribution in [1.29, 1.82) is 0 Å². The zero-order valence-corrected chi connectivity index (χ0v) is 9.03. The quantitative estimate of drug-likeness (QED) is 0.568. The lowest BCUT2D eigenvalue weighted by Crippen LogP contribution is -2.23. The van der Waals surface area contributed by atoms with Gasteiger partial charge in [0.2, 0.25) is 0 Å². The molecule has 0 radical (unpaired) electrons. The highest BCUT2D eigenvalue weighted by Gasteiger charge is 2.29. The van der Waals surface area contributed by atoms with Crippen molar-refractivity contribution in [2.45, 2.75) is 6.18 Å². The molecule has 0 aromatic heterocycles. The van der Waals surface area contributed by atoms with Crippen molar-refractivity contribution in [1.82, 2.24) is 0 Å². The molecule has 5 nitrogen and oxygen atoms in total. The van der Waals surface area contributed by atoms with E-state index in [0.29, 0.717) is 0 Å². The van der Waals surface area contributed by atoms with Gasteiger partial charge in [-0.05, 0) is 24.3 Å². The molecule has 0 bridgehead atoms. The van der Waals surface area contributed by atoms with Gasteiger partial charge >= 0.3 is 12.1 Å². The molecule has 0 aliphatic carbocycles. The topological polar surface area (TPSA) is 87.7 Å². The number of hydrogen-bond acceptors (Lipinski definition) is 2. The maximum absolute atomic E-state index is 12.3. The number of alkyl halides is 3. The number of halogens is 3. The third kappa shape index (κ3) is 4.32. The Balaban J connectivity index is 2.70. The average Bonchev–Trinajstić information content (AvgIpc) is 2.26. The fourth-order valence-corrected chi connectivity index (χ4v) is 1.08. The molecule has 1 rings (SSSR count). The number of nitrogens with two attached hydrogens (primary N) is 1. The molecule has 1 aromatic carbocycles. The van der Waals surface area contributed by atoms with Crippen molar-refractivity contribution in [3.05, 3.63) is 29.8 Å². The fraction of sp³-hybridized carbons (Fsp3) is 0.200. The van der Waals surface area contributed by atoms with Crippen LogP contribution in [0.15, 0.2) is 29.3 Å². The summed E-state index contributed by atoms with van der Waals surface area (Å²) in [6, 6.07) is 4.11. The highest BCUT2D eigenvalue weighted by atomic mass is 19.4. The Labute approximate surface area is 100 Å². The number of aliphatic imine (C=N–C) groups is 1. The van der Waals surface area contributed by atoms with E-state index in [0.717, 1.165) is 12.1 Å². The van der Waals surface area contributed by atoms with Crippen molar-refractivity contribution in [3.63, 3.8) is 0 Å². The van der Waals surface area contributed by atoms with E-state index in [1.165, 1.54) is 12.1 Å². The molecule has 0 amide bonds. The fourth-order valence-electron chi connectivity index (χ4n) is 1.08. The van der Waals surface area contributed by atoms with Gasteiger partial charge in [-0.25, -0.2) is 4.99 Å². The molecule has 0 atom stereocenters. The van der Waals surface area contributed by atoms with Crippen LogP contribution in [0.3, 0.4) is 0 Å². The Bertz CT molecular complexity index is 454. The number of carbonyl (C=O) groups is 1. The predicted octanol–water partition coefficient (Wildman–Crippen LogP) is 1.52. The van der Waals surface area contributed by atoms with Crippen LogP contribution in [0.5, 0.6) is 0 Å². The number of nitrogens with zero attached hydrogens (tertiary/aromatic N) is 1. The smallest absolute Gasteiger partial charge is 0.416 e. The summed E-state index contributed by atoms with van der Waals surface area (Å²) in [4.78, 5) is 13.6. The van der Waals surface area contributed by atoms with Crippen molar-refractivity contribution in [3.8, 4) is 0 Å². The Morgan fingerprint density at radius 2 is 1.89 bits per heavy atom. The number of carboxylic acid groups (broad SMARTS) is 1. The zero-order valence-electron chi connectivity index (χ0n) is 9.03. The summed E-state index contributed by atoms with van der Waals surface area (Å²) in [7, 11) is 0. The van der Waals surface area contributed by atoms with Crippen LogP contribution in [-0.2, 0) is 11.0 Å². The van der Waals surface area contributed by atoms with E-state index in [-0.39, 0.29) is 11.6 Å². The van der Waals surface area contributed by atoms with Crippen LogP contribution in [0.25, 0.3) is 0 Å². The number of guanidine groups is 1. The van der Waals surface area contributed by atoms with Crippen LogP contribution >= 0.6 is 0 Å². The molecule has 0 aliphatic heterocycles. The van der Waals surface area contributed by atoms with Gasteiger partial charge in [0.05, 0.1) is 5.56 Å². The van der Waals surface area contributed by atoms with Gasteiger partial charge in [0.15, 0.2) is 5.96 Å². The molecule has 4 N–H and O–H groups in total. The second-order valence-corrected chi connectivity index (χ2v) is 3.30. The van der Waals surface area contributed by atoms with E-state index in [2.05, 4.69) is 10.3 Å². The van der Waals surface area contributed by atoms with Gasteiger partial charge in [-0.2, -0.15) is 13.2 Å². The van der Waals surface area contributed by atoms with Crippen molar-refractivity contribution in [2.75, 3.05) is 11.9 Å². The van der Waals surface area contributed by atoms with E-state index in [1.807, 2.05) is 0 Å². The first-order valence-corrected chi connectivity index (χ1v) is 4.75. The van der Waals surface area contributed by atoms with Crippen LogP contribution in [0.2, 0.25) is 0 Å². The molecule has 0 saturated carbocycles. The number of carboxylic acids is 1. The van der Waals surface area contributed by atoms with E-state index >= 15 is 0 Å². The van der Waals surface area contributed by atoms with E-state index in [9.17, 15) is 18.0 Å². The maximum Gasteiger partial charge on any atom is 0.416 e. The molecule has 0 spiro atoms. The summed E-state index contributed by atoms with van der Waals surface area (Å²) in [5.74, 6) is -1.34. The molecular formula is C10H10F3N3O2. The van der Waals surface area contributed by atoms with Gasteiger partial charge in [0.1, 0.15) is 6.54 Å². The lowest BCUT2D eigenvalue weighted by atomic mass is 10.2. The van der Waals surface area contributed by atoms with Crippen molar-refractivity contribution < 1.29 is 23.1 Å². The Morgan fingerprint density at radius 1 is 1.33 bits per heavy atom. The number of benzene rings is 1. The lowest BCUT2D eigenvalue weighted by molar-refractivity contribution is -0.137. The van der Waals surface area contributed by atoms with Crippen molar-refractivity contribution >= 4 is 17.6 Å². The molecule has 0 fully saturated rings. The second-order valence-electron chi connectivity index (χ2n) is 3.30. The van der Waals surface area contributed by atoms with Gasteiger partial charge in [0.25, 0.3) is 0 Å². The second kappa shape index (κ2) is 5.39. The van der Waals surface area contributed by atoms with Gasteiger partial charge < -0.3 is 16.2 Å². The number of anilines is 1. The maximum atomic E-state index is 12.3. The minimum Gasteiger partial charge on any atom is -0.480 e. The SMILES string of the molecule is NC(=NCC(=O)O)Nc1ccc(C(F)(F)F)cc1. The third-order valence-corrected chi connectivity index (χ3v) is 1.87. The van der Waals surface area contributed by atoms with Crippen LogP contribution < -0.4 is 11.1 Å². The first-order chi connectivity index (χ1) is 8.29. The molecule has 0 saturated heterocycles. The Morgan fingerprint density at radius 3 is 2.33 bits per heavy atom. The summed E-state index contributed by atoms with van der Waals surface area (Å²) in [5, 5.41) is 10.8. The third-order valence-electron chi connectivity index (χ3n) is 1.87. The van der Waals surface area contributed by atoms with Gasteiger partial charge in [0, 0.05) is 5.69 Å². The first-order valence-electron chi connectivity index (χ1n) is 4.75. The molecule has 98 valence electrons. The number of nitrogens with one attached hydrogen (secondary N) is 1. The normalized spacial score (nSPS) is 12.3. The zero-order chi connectivity index (χ0) is 13.8. The van der Waals surface area contributed by atoms with Crippen LogP contribution in [0, 0.1) is 0 Å². The lowest BCUT2D eigenvalue weighted by Gasteiger charge is -2.08. The van der Waals surface area contributed by atoms with E-state index < -0.39 is 24.3 Å². The molecule has 0 aliphatic rings. The van der Waals surface area contributed by atoms with Gasteiger partial charge in [-0.3, -0.25) is 4.79 Å². The minimum atomic E-state index is -4.40. The molecular weight excluding hydrogens is 251 g/mol. The first kappa shape index (κ1) is 13.8. The van der Waals surface area contributed by atoms with E-state index in [1.54, 1.807) is 0 Å². The minimum absolute atomic E-state index is 0.183. The van der Waals surface area contributed by atoms with Gasteiger partial charge in [-0.1, -0.05) is 0 Å². The van der Waals surface area contributed by atoms with E-state index in [4.69, 9.17) is 10.8 Å². The van der Waals surface area contributed by atoms with Crippen LogP contribution in [-0.4, -0.2) is 23.6 Å². The molecule has 0 heterocycles. The largest absolute Gasteiger partial charge is 0.480 e. The predicted molar refractivity (Wildman–Crippen MR) is 59.2 cm³/mol.